The van der Waals surface area contributed by atoms with Crippen LogP contribution < -0.4 is 5.43 Å². The zero-order valence-electron chi connectivity index (χ0n) is 12.3. The molecule has 1 N–H and O–H groups in total. The Hall–Kier alpha value is -2.32. The Morgan fingerprint density at radius 1 is 1.36 bits per heavy atom. The Morgan fingerprint density at radius 3 is 2.59 bits per heavy atom. The van der Waals surface area contributed by atoms with Crippen molar-refractivity contribution in [1.29, 1.82) is 0 Å². The minimum Gasteiger partial charge on any atom is -0.379 e. The third-order valence-electron chi connectivity index (χ3n) is 3.32. The molecule has 1 aromatic carbocycles. The van der Waals surface area contributed by atoms with Crippen molar-refractivity contribution in [2.75, 3.05) is 32.8 Å². The molecule has 118 valence electrons. The summed E-state index contributed by atoms with van der Waals surface area (Å²) >= 11 is 0. The average molecular weight is 306 g/mol. The molecule has 0 radical (unpaired) electrons. The number of hydrazone groups is 1. The van der Waals surface area contributed by atoms with E-state index in [1.807, 2.05) is 4.90 Å². The minimum atomic E-state index is -0.458. The molecule has 1 aromatic rings. The third-order valence-corrected chi connectivity index (χ3v) is 3.32. The van der Waals surface area contributed by atoms with Crippen LogP contribution in [0.5, 0.6) is 0 Å². The maximum absolute atomic E-state index is 11.8. The van der Waals surface area contributed by atoms with Crippen molar-refractivity contribution >= 4 is 17.3 Å². The van der Waals surface area contributed by atoms with E-state index in [-0.39, 0.29) is 18.1 Å². The van der Waals surface area contributed by atoms with E-state index in [0.29, 0.717) is 18.9 Å². The lowest BCUT2D eigenvalue weighted by atomic mass is 10.1. The molecule has 0 saturated carbocycles. The van der Waals surface area contributed by atoms with Gasteiger partial charge in [-0.25, -0.2) is 5.43 Å². The molecule has 1 amide bonds. The molecule has 8 heteroatoms. The smallest absolute Gasteiger partial charge is 0.269 e. The highest BCUT2D eigenvalue weighted by Gasteiger charge is 2.13. The molecule has 0 unspecified atom stereocenters. The van der Waals surface area contributed by atoms with Gasteiger partial charge in [-0.2, -0.15) is 5.10 Å². The first-order valence-electron chi connectivity index (χ1n) is 6.94. The lowest BCUT2D eigenvalue weighted by Gasteiger charge is -2.25. The van der Waals surface area contributed by atoms with Crippen molar-refractivity contribution < 1.29 is 14.5 Å². The molecule has 0 bridgehead atoms. The predicted octanol–water partition coefficient (Wildman–Crippen LogP) is 0.767. The highest BCUT2D eigenvalue weighted by Crippen LogP contribution is 2.12. The second-order valence-corrected chi connectivity index (χ2v) is 4.92. The fourth-order valence-corrected chi connectivity index (χ4v) is 2.03. The van der Waals surface area contributed by atoms with E-state index in [4.69, 9.17) is 4.74 Å². The fraction of sp³-hybridized carbons (Fsp3) is 0.429. The number of carbonyl (C=O) groups is 1. The number of rotatable bonds is 5. The molecule has 1 fully saturated rings. The number of benzene rings is 1. The SMILES string of the molecule is C/C(=N/NC(=O)CN1CCOCC1)c1ccc([N+](=O)[O-])cc1. The topological polar surface area (TPSA) is 97.1 Å². The van der Waals surface area contributed by atoms with Gasteiger partial charge in [0.2, 0.25) is 0 Å². The highest BCUT2D eigenvalue weighted by molar-refractivity contribution is 5.99. The van der Waals surface area contributed by atoms with Crippen molar-refractivity contribution in [3.8, 4) is 0 Å². The first-order chi connectivity index (χ1) is 10.6. The number of nitrogens with one attached hydrogen (secondary N) is 1. The van der Waals surface area contributed by atoms with Crippen LogP contribution in [0.4, 0.5) is 5.69 Å². The van der Waals surface area contributed by atoms with Gasteiger partial charge in [0.15, 0.2) is 0 Å². The quantitative estimate of drug-likeness (QED) is 0.492. The highest BCUT2D eigenvalue weighted by atomic mass is 16.6. The largest absolute Gasteiger partial charge is 0.379 e. The van der Waals surface area contributed by atoms with Gasteiger partial charge in [0.05, 0.1) is 30.4 Å². The fourth-order valence-electron chi connectivity index (χ4n) is 2.03. The van der Waals surface area contributed by atoms with Crippen LogP contribution in [-0.2, 0) is 9.53 Å². The van der Waals surface area contributed by atoms with Crippen LogP contribution in [0.1, 0.15) is 12.5 Å². The van der Waals surface area contributed by atoms with Gasteiger partial charge < -0.3 is 4.74 Å². The van der Waals surface area contributed by atoms with Gasteiger partial charge in [0, 0.05) is 25.2 Å². The van der Waals surface area contributed by atoms with E-state index in [1.165, 1.54) is 12.1 Å². The number of non-ortho nitro benzene ring substituents is 1. The maximum Gasteiger partial charge on any atom is 0.269 e. The molecule has 1 saturated heterocycles. The molecular weight excluding hydrogens is 288 g/mol. The summed E-state index contributed by atoms with van der Waals surface area (Å²) in [5.41, 5.74) is 3.83. The van der Waals surface area contributed by atoms with E-state index in [0.717, 1.165) is 18.7 Å². The summed E-state index contributed by atoms with van der Waals surface area (Å²) in [7, 11) is 0. The molecule has 1 aliphatic rings. The Bertz CT molecular complexity index is 565. The number of nitrogens with zero attached hydrogens (tertiary/aromatic N) is 3. The summed E-state index contributed by atoms with van der Waals surface area (Å²) < 4.78 is 5.21. The maximum atomic E-state index is 11.8. The molecule has 1 heterocycles. The Morgan fingerprint density at radius 2 is 2.00 bits per heavy atom. The van der Waals surface area contributed by atoms with Crippen LogP contribution >= 0.6 is 0 Å². The number of morpholine rings is 1. The monoisotopic (exact) mass is 306 g/mol. The predicted molar refractivity (Wildman–Crippen MR) is 80.7 cm³/mol. The summed E-state index contributed by atoms with van der Waals surface area (Å²) in [5.74, 6) is -0.192. The molecular formula is C14H18N4O4. The summed E-state index contributed by atoms with van der Waals surface area (Å²) in [4.78, 5) is 23.9. The summed E-state index contributed by atoms with van der Waals surface area (Å²) in [6, 6.07) is 6.02. The summed E-state index contributed by atoms with van der Waals surface area (Å²) in [6.45, 7) is 4.75. The summed E-state index contributed by atoms with van der Waals surface area (Å²) in [6.07, 6.45) is 0. The molecule has 0 aromatic heterocycles. The molecule has 0 aliphatic carbocycles. The standard InChI is InChI=1S/C14H18N4O4/c1-11(12-2-4-13(5-3-12)18(20)21)15-16-14(19)10-17-6-8-22-9-7-17/h2-5H,6-10H2,1H3,(H,16,19)/b15-11-. The van der Waals surface area contributed by atoms with E-state index in [9.17, 15) is 14.9 Å². The van der Waals surface area contributed by atoms with Crippen molar-refractivity contribution in [2.45, 2.75) is 6.92 Å². The third kappa shape index (κ3) is 4.61. The van der Waals surface area contributed by atoms with Gasteiger partial charge in [-0.3, -0.25) is 19.8 Å². The zero-order valence-corrected chi connectivity index (χ0v) is 12.3. The van der Waals surface area contributed by atoms with Crippen LogP contribution in [-0.4, -0.2) is 54.3 Å². The van der Waals surface area contributed by atoms with E-state index in [2.05, 4.69) is 10.5 Å². The van der Waals surface area contributed by atoms with Crippen molar-refractivity contribution in [2.24, 2.45) is 5.10 Å². The van der Waals surface area contributed by atoms with Gasteiger partial charge in [-0.05, 0) is 24.6 Å². The number of carbonyl (C=O) groups excluding carboxylic acids is 1. The van der Waals surface area contributed by atoms with Crippen LogP contribution in [0.3, 0.4) is 0 Å². The normalized spacial score (nSPS) is 16.3. The van der Waals surface area contributed by atoms with Gasteiger partial charge in [-0.15, -0.1) is 0 Å². The number of nitro benzene ring substituents is 1. The number of hydrogen-bond acceptors (Lipinski definition) is 6. The molecule has 0 atom stereocenters. The second-order valence-electron chi connectivity index (χ2n) is 4.92. The van der Waals surface area contributed by atoms with Crippen LogP contribution in [0.2, 0.25) is 0 Å². The van der Waals surface area contributed by atoms with Gasteiger partial charge >= 0.3 is 0 Å². The Labute approximate surface area is 127 Å². The first-order valence-corrected chi connectivity index (χ1v) is 6.94. The van der Waals surface area contributed by atoms with Crippen molar-refractivity contribution in [1.82, 2.24) is 10.3 Å². The number of nitro groups is 1. The average Bonchev–Trinajstić information content (AvgIpc) is 2.53. The van der Waals surface area contributed by atoms with E-state index < -0.39 is 4.92 Å². The van der Waals surface area contributed by atoms with E-state index >= 15 is 0 Å². The lowest BCUT2D eigenvalue weighted by Crippen LogP contribution is -2.42. The van der Waals surface area contributed by atoms with Crippen molar-refractivity contribution in [3.63, 3.8) is 0 Å². The Balaban J connectivity index is 1.88. The number of amides is 1. The van der Waals surface area contributed by atoms with Crippen LogP contribution in [0, 0.1) is 10.1 Å². The number of ether oxygens (including phenoxy) is 1. The molecule has 22 heavy (non-hydrogen) atoms. The zero-order chi connectivity index (χ0) is 15.9. The number of hydrogen-bond donors (Lipinski definition) is 1. The molecule has 0 spiro atoms. The molecule has 1 aliphatic heterocycles. The van der Waals surface area contributed by atoms with Crippen LogP contribution in [0.25, 0.3) is 0 Å². The molecule has 2 rings (SSSR count). The minimum absolute atomic E-state index is 0.0212. The van der Waals surface area contributed by atoms with E-state index in [1.54, 1.807) is 19.1 Å². The first kappa shape index (κ1) is 16.1. The molecule has 8 nitrogen and oxygen atoms in total. The Kier molecular flexibility index (Phi) is 5.56. The van der Waals surface area contributed by atoms with Gasteiger partial charge in [-0.1, -0.05) is 0 Å². The van der Waals surface area contributed by atoms with Crippen molar-refractivity contribution in [3.05, 3.63) is 39.9 Å². The van der Waals surface area contributed by atoms with Gasteiger partial charge in [0.25, 0.3) is 11.6 Å². The van der Waals surface area contributed by atoms with Gasteiger partial charge in [0.1, 0.15) is 0 Å². The lowest BCUT2D eigenvalue weighted by molar-refractivity contribution is -0.384. The second kappa shape index (κ2) is 7.62. The van der Waals surface area contributed by atoms with Crippen LogP contribution in [0.15, 0.2) is 29.4 Å². The summed E-state index contributed by atoms with van der Waals surface area (Å²) in [5, 5.41) is 14.6.